The van der Waals surface area contributed by atoms with E-state index < -0.39 is 0 Å². The van der Waals surface area contributed by atoms with Crippen LogP contribution in [0.5, 0.6) is 0 Å². The van der Waals surface area contributed by atoms with Gasteiger partial charge in [-0.05, 0) is 18.6 Å². The maximum absolute atomic E-state index is 13.7. The number of nitrogen functional groups attached to an aromatic ring is 1. The summed E-state index contributed by atoms with van der Waals surface area (Å²) >= 11 is 1.22. The van der Waals surface area contributed by atoms with E-state index in [0.717, 1.165) is 13.0 Å². The molecule has 6 heteroatoms. The number of rotatable bonds is 3. The van der Waals surface area contributed by atoms with Crippen molar-refractivity contribution in [1.29, 1.82) is 0 Å². The molecule has 4 nitrogen and oxygen atoms in total. The van der Waals surface area contributed by atoms with E-state index in [1.807, 2.05) is 0 Å². The number of nitrogens with one attached hydrogen (secondary N) is 1. The monoisotopic (exact) mass is 294 g/mol. The molecule has 20 heavy (non-hydrogen) atoms. The molecule has 1 aromatic carbocycles. The highest BCUT2D eigenvalue weighted by molar-refractivity contribution is 7.21. The molecule has 0 bridgehead atoms. The van der Waals surface area contributed by atoms with E-state index in [9.17, 15) is 9.18 Å². The van der Waals surface area contributed by atoms with E-state index in [1.54, 1.807) is 12.1 Å². The Hall–Kier alpha value is -1.66. The van der Waals surface area contributed by atoms with Crippen molar-refractivity contribution in [3.8, 4) is 0 Å². The fourth-order valence-electron chi connectivity index (χ4n) is 2.36. The summed E-state index contributed by atoms with van der Waals surface area (Å²) in [7, 11) is 0. The van der Waals surface area contributed by atoms with Gasteiger partial charge < -0.3 is 15.8 Å². The summed E-state index contributed by atoms with van der Waals surface area (Å²) in [4.78, 5) is 12.5. The van der Waals surface area contributed by atoms with Crippen molar-refractivity contribution in [3.05, 3.63) is 28.9 Å². The number of hydrogen-bond acceptors (Lipinski definition) is 4. The smallest absolute Gasteiger partial charge is 0.263 e. The molecule has 1 amide bonds. The standard InChI is InChI=1S/C14H15FN2O2S/c15-9-2-1-3-10-11(9)12(16)13(20-10)14(18)17-6-8-4-5-19-7-8/h1-3,8H,4-7,16H2,(H,17,18). The number of anilines is 1. The van der Waals surface area contributed by atoms with Gasteiger partial charge in [0.2, 0.25) is 0 Å². The predicted molar refractivity (Wildman–Crippen MR) is 77.5 cm³/mol. The highest BCUT2D eigenvalue weighted by Gasteiger charge is 2.21. The largest absolute Gasteiger partial charge is 0.397 e. The Kier molecular flexibility index (Phi) is 3.58. The molecule has 1 aliphatic rings. The quantitative estimate of drug-likeness (QED) is 0.913. The molecule has 3 rings (SSSR count). The molecule has 1 saturated heterocycles. The minimum absolute atomic E-state index is 0.225. The van der Waals surface area contributed by atoms with Crippen LogP contribution in [0.15, 0.2) is 18.2 Å². The van der Waals surface area contributed by atoms with Crippen molar-refractivity contribution in [1.82, 2.24) is 5.32 Å². The number of ether oxygens (including phenoxy) is 1. The third-order valence-electron chi connectivity index (χ3n) is 3.48. The highest BCUT2D eigenvalue weighted by atomic mass is 32.1. The zero-order valence-electron chi connectivity index (χ0n) is 10.8. The molecule has 3 N–H and O–H groups in total. The summed E-state index contributed by atoms with van der Waals surface area (Å²) in [5.41, 5.74) is 6.13. The van der Waals surface area contributed by atoms with Crippen LogP contribution >= 0.6 is 11.3 Å². The van der Waals surface area contributed by atoms with Crippen LogP contribution in [0, 0.1) is 11.7 Å². The van der Waals surface area contributed by atoms with Gasteiger partial charge in [-0.3, -0.25) is 4.79 Å². The Morgan fingerprint density at radius 2 is 2.40 bits per heavy atom. The lowest BCUT2D eigenvalue weighted by molar-refractivity contribution is 0.0950. The van der Waals surface area contributed by atoms with Crippen LogP contribution in [0.4, 0.5) is 10.1 Å². The van der Waals surface area contributed by atoms with E-state index in [4.69, 9.17) is 10.5 Å². The molecule has 0 radical (unpaired) electrons. The zero-order valence-corrected chi connectivity index (χ0v) is 11.6. The molecule has 1 unspecified atom stereocenters. The van der Waals surface area contributed by atoms with Gasteiger partial charge in [-0.2, -0.15) is 0 Å². The molecular weight excluding hydrogens is 279 g/mol. The number of hydrogen-bond donors (Lipinski definition) is 2. The molecule has 0 saturated carbocycles. The fourth-order valence-corrected chi connectivity index (χ4v) is 3.41. The van der Waals surface area contributed by atoms with Crippen molar-refractivity contribution >= 4 is 33.0 Å². The Balaban J connectivity index is 1.80. The first kappa shape index (κ1) is 13.3. The predicted octanol–water partition coefficient (Wildman–Crippen LogP) is 2.39. The summed E-state index contributed by atoms with van der Waals surface area (Å²) in [5.74, 6) is -0.277. The number of nitrogens with two attached hydrogens (primary N) is 1. The third kappa shape index (κ3) is 2.36. The summed E-state index contributed by atoms with van der Waals surface area (Å²) in [6, 6.07) is 4.73. The molecule has 106 valence electrons. The average Bonchev–Trinajstić information content (AvgIpc) is 3.05. The van der Waals surface area contributed by atoms with Crippen LogP contribution in [-0.4, -0.2) is 25.7 Å². The first-order chi connectivity index (χ1) is 9.66. The van der Waals surface area contributed by atoms with Crippen molar-refractivity contribution in [2.45, 2.75) is 6.42 Å². The van der Waals surface area contributed by atoms with Crippen LogP contribution in [0.3, 0.4) is 0 Å². The highest BCUT2D eigenvalue weighted by Crippen LogP contribution is 2.35. The van der Waals surface area contributed by atoms with Crippen LogP contribution in [0.2, 0.25) is 0 Å². The van der Waals surface area contributed by atoms with Gasteiger partial charge in [-0.15, -0.1) is 11.3 Å². The third-order valence-corrected chi connectivity index (χ3v) is 4.65. The molecule has 2 aromatic rings. The van der Waals surface area contributed by atoms with E-state index in [-0.39, 0.29) is 17.4 Å². The Bertz CT molecular complexity index is 650. The average molecular weight is 294 g/mol. The second-order valence-corrected chi connectivity index (χ2v) is 5.95. The number of carbonyl (C=O) groups is 1. The molecule has 1 aliphatic heterocycles. The SMILES string of the molecule is Nc1c(C(=O)NCC2CCOC2)sc2cccc(F)c12. The lowest BCUT2D eigenvalue weighted by Gasteiger charge is -2.08. The molecular formula is C14H15FN2O2S. The number of thiophene rings is 1. The van der Waals surface area contributed by atoms with Gasteiger partial charge in [0, 0.05) is 23.8 Å². The van der Waals surface area contributed by atoms with Gasteiger partial charge in [-0.1, -0.05) is 6.07 Å². The van der Waals surface area contributed by atoms with E-state index in [2.05, 4.69) is 5.32 Å². The number of amides is 1. The van der Waals surface area contributed by atoms with Gasteiger partial charge in [0.1, 0.15) is 10.7 Å². The van der Waals surface area contributed by atoms with E-state index in [0.29, 0.717) is 34.0 Å². The summed E-state index contributed by atoms with van der Waals surface area (Å²) in [5, 5.41) is 3.19. The normalized spacial score (nSPS) is 18.6. The second-order valence-electron chi connectivity index (χ2n) is 4.90. The van der Waals surface area contributed by atoms with Crippen molar-refractivity contribution in [3.63, 3.8) is 0 Å². The topological polar surface area (TPSA) is 64.4 Å². The van der Waals surface area contributed by atoms with Crippen LogP contribution in [-0.2, 0) is 4.74 Å². The Morgan fingerprint density at radius 3 is 3.10 bits per heavy atom. The number of fused-ring (bicyclic) bond motifs is 1. The summed E-state index contributed by atoms with van der Waals surface area (Å²) < 4.78 is 19.7. The molecule has 1 aromatic heterocycles. The van der Waals surface area contributed by atoms with Gasteiger partial charge in [-0.25, -0.2) is 4.39 Å². The van der Waals surface area contributed by atoms with Crippen LogP contribution in [0.25, 0.3) is 10.1 Å². The molecule has 2 heterocycles. The van der Waals surface area contributed by atoms with Crippen LogP contribution < -0.4 is 11.1 Å². The molecule has 1 atom stereocenters. The fraction of sp³-hybridized carbons (Fsp3) is 0.357. The lowest BCUT2D eigenvalue weighted by Crippen LogP contribution is -2.29. The number of halogens is 1. The maximum Gasteiger partial charge on any atom is 0.263 e. The van der Waals surface area contributed by atoms with Gasteiger partial charge >= 0.3 is 0 Å². The number of carbonyl (C=O) groups excluding carboxylic acids is 1. The van der Waals surface area contributed by atoms with Gasteiger partial charge in [0.05, 0.1) is 17.7 Å². The molecule has 1 fully saturated rings. The zero-order chi connectivity index (χ0) is 14.1. The second kappa shape index (κ2) is 5.38. The first-order valence-corrected chi connectivity index (χ1v) is 7.31. The minimum Gasteiger partial charge on any atom is -0.397 e. The molecule has 0 aliphatic carbocycles. The van der Waals surface area contributed by atoms with Gasteiger partial charge in [0.15, 0.2) is 0 Å². The van der Waals surface area contributed by atoms with E-state index >= 15 is 0 Å². The lowest BCUT2D eigenvalue weighted by atomic mass is 10.1. The molecule has 0 spiro atoms. The Labute approximate surface area is 119 Å². The summed E-state index contributed by atoms with van der Waals surface area (Å²) in [6.45, 7) is 1.99. The maximum atomic E-state index is 13.7. The van der Waals surface area contributed by atoms with Crippen LogP contribution in [0.1, 0.15) is 16.1 Å². The van der Waals surface area contributed by atoms with E-state index in [1.165, 1.54) is 17.4 Å². The Morgan fingerprint density at radius 1 is 1.55 bits per heavy atom. The minimum atomic E-state index is -0.389. The van der Waals surface area contributed by atoms with Crippen molar-refractivity contribution in [2.24, 2.45) is 5.92 Å². The van der Waals surface area contributed by atoms with Crippen molar-refractivity contribution in [2.75, 3.05) is 25.5 Å². The summed E-state index contributed by atoms with van der Waals surface area (Å²) in [6.07, 6.45) is 0.955. The van der Waals surface area contributed by atoms with Crippen molar-refractivity contribution < 1.29 is 13.9 Å². The number of benzene rings is 1. The first-order valence-electron chi connectivity index (χ1n) is 6.49. The van der Waals surface area contributed by atoms with Gasteiger partial charge in [0.25, 0.3) is 5.91 Å².